The Morgan fingerprint density at radius 3 is 1.76 bits per heavy atom. The van der Waals surface area contributed by atoms with Gasteiger partial charge in [-0.15, -0.1) is 0 Å². The van der Waals surface area contributed by atoms with Crippen LogP contribution >= 0.6 is 0 Å². The number of hydrogen-bond acceptors (Lipinski definition) is 3. The van der Waals surface area contributed by atoms with Crippen LogP contribution in [0.4, 0.5) is 0 Å². The van der Waals surface area contributed by atoms with Crippen molar-refractivity contribution >= 4 is 21.2 Å². The third kappa shape index (κ3) is 2.91. The van der Waals surface area contributed by atoms with Crippen molar-refractivity contribution in [2.24, 2.45) is 10.6 Å². The maximum Gasteiger partial charge on any atom is 0.238 e. The molecule has 1 fully saturated rings. The molecule has 0 atom stereocenters. The zero-order valence-electron chi connectivity index (χ0n) is 13.4. The summed E-state index contributed by atoms with van der Waals surface area (Å²) >= 11 is 0. The van der Waals surface area contributed by atoms with Crippen LogP contribution in [0.5, 0.6) is 0 Å². The van der Waals surface area contributed by atoms with Gasteiger partial charge >= 0.3 is 0 Å². The number of allylic oxidation sites excluding steroid dienone is 4. The Labute approximate surface area is 147 Å². The van der Waals surface area contributed by atoms with Crippen molar-refractivity contribution in [2.75, 3.05) is 0 Å². The summed E-state index contributed by atoms with van der Waals surface area (Å²) in [5.41, 5.74) is 5.02. The van der Waals surface area contributed by atoms with Crippen LogP contribution in [-0.4, -0.2) is 8.42 Å². The summed E-state index contributed by atoms with van der Waals surface area (Å²) in [5.74, 6) is 0. The van der Waals surface area contributed by atoms with E-state index in [9.17, 15) is 8.42 Å². The first kappa shape index (κ1) is 15.8. The van der Waals surface area contributed by atoms with Gasteiger partial charge in [-0.05, 0) is 59.4 Å². The molecule has 2 aliphatic rings. The minimum Gasteiger partial charge on any atom is -0.225 e. The van der Waals surface area contributed by atoms with Crippen LogP contribution in [0.1, 0.15) is 29.5 Å². The third-order valence-corrected chi connectivity index (χ3v) is 5.73. The monoisotopic (exact) mass is 348 g/mol. The Bertz CT molecular complexity index is 1050. The molecule has 4 nitrogen and oxygen atoms in total. The van der Waals surface area contributed by atoms with Crippen LogP contribution in [0.25, 0.3) is 11.1 Å². The lowest BCUT2D eigenvalue weighted by molar-refractivity contribution is 0.598. The number of primary sulfonamides is 1. The molecule has 2 N–H and O–H groups in total. The molecule has 0 saturated heterocycles. The minimum atomic E-state index is -3.69. The molecule has 25 heavy (non-hydrogen) atoms. The highest BCUT2D eigenvalue weighted by Crippen LogP contribution is 2.57. The molecule has 2 aromatic carbocycles. The van der Waals surface area contributed by atoms with Gasteiger partial charge in [0.25, 0.3) is 0 Å². The lowest BCUT2D eigenvalue weighted by Crippen LogP contribution is -2.11. The fourth-order valence-electron chi connectivity index (χ4n) is 3.23. The first-order valence-corrected chi connectivity index (χ1v) is 9.55. The SMILES string of the molecule is N#Cc1ccc(C2=CC3(C=C2c2ccc(S(N)(=O)=O)cc2)CC3)cc1. The lowest BCUT2D eigenvalue weighted by atomic mass is 9.94. The van der Waals surface area contributed by atoms with Crippen LogP contribution in [0.15, 0.2) is 65.6 Å². The summed E-state index contributed by atoms with van der Waals surface area (Å²) in [6, 6.07) is 16.4. The molecule has 0 aromatic heterocycles. The van der Waals surface area contributed by atoms with E-state index in [1.165, 1.54) is 0 Å². The minimum absolute atomic E-state index is 0.111. The van der Waals surface area contributed by atoms with E-state index < -0.39 is 10.0 Å². The maximum absolute atomic E-state index is 11.5. The van der Waals surface area contributed by atoms with Gasteiger partial charge in [-0.2, -0.15) is 5.26 Å². The second-order valence-corrected chi connectivity index (χ2v) is 8.17. The zero-order chi connectivity index (χ0) is 17.7. The van der Waals surface area contributed by atoms with Gasteiger partial charge < -0.3 is 0 Å². The average molecular weight is 348 g/mol. The first-order chi connectivity index (χ1) is 11.9. The van der Waals surface area contributed by atoms with E-state index in [-0.39, 0.29) is 10.3 Å². The average Bonchev–Trinajstić information content (AvgIpc) is 3.25. The summed E-state index contributed by atoms with van der Waals surface area (Å²) in [7, 11) is -3.69. The van der Waals surface area contributed by atoms with Gasteiger partial charge in [0.15, 0.2) is 0 Å². The molecule has 5 heteroatoms. The molecule has 0 heterocycles. The van der Waals surface area contributed by atoms with Crippen molar-refractivity contribution < 1.29 is 8.42 Å². The van der Waals surface area contributed by atoms with Crippen molar-refractivity contribution in [3.05, 3.63) is 77.4 Å². The second kappa shape index (κ2) is 5.41. The van der Waals surface area contributed by atoms with Gasteiger partial charge in [-0.25, -0.2) is 13.6 Å². The Balaban J connectivity index is 1.75. The summed E-state index contributed by atoms with van der Waals surface area (Å²) in [6.07, 6.45) is 6.82. The van der Waals surface area contributed by atoms with E-state index in [2.05, 4.69) is 18.2 Å². The van der Waals surface area contributed by atoms with Crippen LogP contribution < -0.4 is 5.14 Å². The van der Waals surface area contributed by atoms with E-state index in [1.807, 2.05) is 24.3 Å². The Morgan fingerprint density at radius 2 is 1.36 bits per heavy atom. The predicted molar refractivity (Wildman–Crippen MR) is 96.6 cm³/mol. The normalized spacial score (nSPS) is 17.8. The molecule has 2 aromatic rings. The summed E-state index contributed by atoms with van der Waals surface area (Å²) < 4.78 is 22.9. The highest BCUT2D eigenvalue weighted by Gasteiger charge is 2.43. The van der Waals surface area contributed by atoms with Gasteiger partial charge in [-0.3, -0.25) is 0 Å². The molecular weight excluding hydrogens is 332 g/mol. The quantitative estimate of drug-likeness (QED) is 0.922. The first-order valence-electron chi connectivity index (χ1n) is 8.00. The van der Waals surface area contributed by atoms with E-state index in [0.717, 1.165) is 35.1 Å². The summed E-state index contributed by atoms with van der Waals surface area (Å²) in [5, 5.41) is 14.2. The maximum atomic E-state index is 11.5. The van der Waals surface area contributed by atoms with E-state index in [0.29, 0.717) is 5.56 Å². The van der Waals surface area contributed by atoms with E-state index in [4.69, 9.17) is 10.4 Å². The molecule has 2 aliphatic carbocycles. The van der Waals surface area contributed by atoms with Gasteiger partial charge in [0.2, 0.25) is 10.0 Å². The number of nitriles is 1. The van der Waals surface area contributed by atoms with Crippen LogP contribution in [0.3, 0.4) is 0 Å². The van der Waals surface area contributed by atoms with Crippen LogP contribution in [0, 0.1) is 16.7 Å². The number of rotatable bonds is 3. The van der Waals surface area contributed by atoms with Crippen molar-refractivity contribution in [1.82, 2.24) is 0 Å². The van der Waals surface area contributed by atoms with Crippen LogP contribution in [0.2, 0.25) is 0 Å². The van der Waals surface area contributed by atoms with Gasteiger partial charge in [-0.1, -0.05) is 36.4 Å². The molecule has 4 rings (SSSR count). The smallest absolute Gasteiger partial charge is 0.225 e. The third-order valence-electron chi connectivity index (χ3n) is 4.80. The largest absolute Gasteiger partial charge is 0.238 e. The number of benzene rings is 2. The zero-order valence-corrected chi connectivity index (χ0v) is 14.3. The topological polar surface area (TPSA) is 83.9 Å². The van der Waals surface area contributed by atoms with Gasteiger partial charge in [0, 0.05) is 5.41 Å². The number of hydrogen-bond donors (Lipinski definition) is 1. The van der Waals surface area contributed by atoms with Crippen molar-refractivity contribution in [1.29, 1.82) is 5.26 Å². The summed E-state index contributed by atoms with van der Waals surface area (Å²) in [6.45, 7) is 0. The molecule has 0 amide bonds. The highest BCUT2D eigenvalue weighted by molar-refractivity contribution is 7.89. The van der Waals surface area contributed by atoms with E-state index in [1.54, 1.807) is 24.3 Å². The van der Waals surface area contributed by atoms with Crippen molar-refractivity contribution in [3.63, 3.8) is 0 Å². The van der Waals surface area contributed by atoms with Crippen molar-refractivity contribution in [2.45, 2.75) is 17.7 Å². The second-order valence-electron chi connectivity index (χ2n) is 6.61. The van der Waals surface area contributed by atoms with Gasteiger partial charge in [0.05, 0.1) is 16.5 Å². The summed E-state index contributed by atoms with van der Waals surface area (Å²) in [4.78, 5) is 0.111. The number of nitrogens with two attached hydrogens (primary N) is 1. The molecule has 1 spiro atoms. The Morgan fingerprint density at radius 1 is 0.880 bits per heavy atom. The Hall–Kier alpha value is -2.68. The van der Waals surface area contributed by atoms with E-state index >= 15 is 0 Å². The highest BCUT2D eigenvalue weighted by atomic mass is 32.2. The molecule has 0 aliphatic heterocycles. The predicted octanol–water partition coefficient (Wildman–Crippen LogP) is 3.47. The standard InChI is InChI=1S/C20H16N2O2S/c21-13-14-1-3-15(4-2-14)18-11-20(9-10-20)12-19(18)16-5-7-17(8-6-16)25(22,23)24/h1-8,11-12H,9-10H2,(H2,22,23,24). The fourth-order valence-corrected chi connectivity index (χ4v) is 3.75. The molecule has 0 bridgehead atoms. The van der Waals surface area contributed by atoms with Crippen molar-refractivity contribution in [3.8, 4) is 6.07 Å². The number of nitrogens with zero attached hydrogens (tertiary/aromatic N) is 1. The molecule has 1 saturated carbocycles. The van der Waals surface area contributed by atoms with Gasteiger partial charge in [0.1, 0.15) is 0 Å². The van der Waals surface area contributed by atoms with Crippen LogP contribution in [-0.2, 0) is 10.0 Å². The molecule has 0 unspecified atom stereocenters. The lowest BCUT2D eigenvalue weighted by Gasteiger charge is -2.10. The fraction of sp³-hybridized carbons (Fsp3) is 0.150. The molecule has 0 radical (unpaired) electrons. The molecular formula is C20H16N2O2S. The molecule has 124 valence electrons. The Kier molecular flexibility index (Phi) is 3.43. The number of sulfonamides is 1.